The molecule has 0 aliphatic carbocycles. The van der Waals surface area contributed by atoms with E-state index in [0.29, 0.717) is 12.1 Å². The van der Waals surface area contributed by atoms with Crippen molar-refractivity contribution in [3.63, 3.8) is 0 Å². The summed E-state index contributed by atoms with van der Waals surface area (Å²) in [5, 5.41) is 0.272. The van der Waals surface area contributed by atoms with E-state index in [1.165, 1.54) is 12.8 Å². The Morgan fingerprint density at radius 2 is 2.00 bits per heavy atom. The largest absolute Gasteiger partial charge is 0.302 e. The van der Waals surface area contributed by atoms with E-state index in [2.05, 4.69) is 9.62 Å². The van der Waals surface area contributed by atoms with Crippen molar-refractivity contribution in [3.8, 4) is 0 Å². The smallest absolute Gasteiger partial charge is 0.242 e. The number of rotatable bonds is 5. The van der Waals surface area contributed by atoms with Gasteiger partial charge in [0.05, 0.1) is 5.02 Å². The van der Waals surface area contributed by atoms with Crippen molar-refractivity contribution in [1.82, 2.24) is 9.62 Å². The molecule has 0 saturated carbocycles. The van der Waals surface area contributed by atoms with Crippen molar-refractivity contribution < 1.29 is 8.42 Å². The van der Waals surface area contributed by atoms with Crippen molar-refractivity contribution in [2.45, 2.75) is 24.7 Å². The molecule has 1 aromatic carbocycles. The predicted molar refractivity (Wildman–Crippen MR) is 77.1 cm³/mol. The number of likely N-dealkylation sites (tertiary alicyclic amines) is 1. The molecule has 19 heavy (non-hydrogen) atoms. The van der Waals surface area contributed by atoms with Crippen molar-refractivity contribution >= 4 is 21.6 Å². The molecular weight excluding hydrogens is 284 g/mol. The summed E-state index contributed by atoms with van der Waals surface area (Å²) in [5.74, 6) is 0. The second-order valence-corrected chi connectivity index (χ2v) is 6.94. The molecule has 0 unspecified atom stereocenters. The molecule has 1 aliphatic heterocycles. The standard InChI is InChI=1S/C13H19ClN2O2S/c1-11-5-4-6-12(14)13(11)19(17,18)15-7-10-16-8-2-3-9-16/h4-6,15H,2-3,7-10H2,1H3. The van der Waals surface area contributed by atoms with E-state index >= 15 is 0 Å². The summed E-state index contributed by atoms with van der Waals surface area (Å²) in [5.41, 5.74) is 0.668. The number of nitrogens with zero attached hydrogens (tertiary/aromatic N) is 1. The number of benzene rings is 1. The highest BCUT2D eigenvalue weighted by Gasteiger charge is 2.20. The van der Waals surface area contributed by atoms with Crippen molar-refractivity contribution in [1.29, 1.82) is 0 Å². The first-order valence-electron chi connectivity index (χ1n) is 6.48. The van der Waals surface area contributed by atoms with Gasteiger partial charge >= 0.3 is 0 Å². The summed E-state index contributed by atoms with van der Waals surface area (Å²) in [6.07, 6.45) is 2.41. The van der Waals surface area contributed by atoms with E-state index in [4.69, 9.17) is 11.6 Å². The molecule has 2 rings (SSSR count). The third kappa shape index (κ3) is 3.69. The van der Waals surface area contributed by atoms with Gasteiger partial charge in [-0.1, -0.05) is 23.7 Å². The highest BCUT2D eigenvalue weighted by molar-refractivity contribution is 7.89. The van der Waals surface area contributed by atoms with Crippen molar-refractivity contribution in [3.05, 3.63) is 28.8 Å². The molecule has 1 aromatic rings. The van der Waals surface area contributed by atoms with Crippen LogP contribution in [0.2, 0.25) is 5.02 Å². The molecule has 1 heterocycles. The molecule has 1 fully saturated rings. The van der Waals surface area contributed by atoms with Crippen LogP contribution in [-0.4, -0.2) is 39.5 Å². The Balaban J connectivity index is 2.01. The average molecular weight is 303 g/mol. The highest BCUT2D eigenvalue weighted by Crippen LogP contribution is 2.24. The Hall–Kier alpha value is -0.620. The van der Waals surface area contributed by atoms with Crippen molar-refractivity contribution in [2.24, 2.45) is 0 Å². The fraction of sp³-hybridized carbons (Fsp3) is 0.538. The number of hydrogen-bond donors (Lipinski definition) is 1. The third-order valence-corrected chi connectivity index (χ3v) is 5.44. The zero-order chi connectivity index (χ0) is 13.9. The van der Waals surface area contributed by atoms with E-state index in [1.807, 2.05) is 0 Å². The quantitative estimate of drug-likeness (QED) is 0.905. The monoisotopic (exact) mass is 302 g/mol. The minimum absolute atomic E-state index is 0.193. The minimum atomic E-state index is -3.52. The maximum absolute atomic E-state index is 12.2. The van der Waals surface area contributed by atoms with E-state index in [1.54, 1.807) is 25.1 Å². The van der Waals surface area contributed by atoms with E-state index in [0.717, 1.165) is 19.6 Å². The van der Waals surface area contributed by atoms with Crippen LogP contribution in [0, 0.1) is 6.92 Å². The lowest BCUT2D eigenvalue weighted by molar-refractivity contribution is 0.344. The van der Waals surface area contributed by atoms with Gasteiger partial charge in [-0.05, 0) is 44.5 Å². The summed E-state index contributed by atoms with van der Waals surface area (Å²) in [7, 11) is -3.52. The van der Waals surface area contributed by atoms with Gasteiger partial charge in [0.2, 0.25) is 10.0 Å². The number of sulfonamides is 1. The third-order valence-electron chi connectivity index (χ3n) is 3.35. The van der Waals surface area contributed by atoms with Gasteiger partial charge in [-0.2, -0.15) is 0 Å². The first-order chi connectivity index (χ1) is 9.00. The molecule has 0 aromatic heterocycles. The number of halogens is 1. The van der Waals surface area contributed by atoms with Crippen LogP contribution in [0.3, 0.4) is 0 Å². The number of aryl methyl sites for hydroxylation is 1. The molecule has 1 saturated heterocycles. The van der Waals surface area contributed by atoms with Crippen LogP contribution < -0.4 is 4.72 Å². The maximum Gasteiger partial charge on any atom is 0.242 e. The Labute approximate surface area is 119 Å². The number of hydrogen-bond acceptors (Lipinski definition) is 3. The minimum Gasteiger partial charge on any atom is -0.302 e. The van der Waals surface area contributed by atoms with Crippen LogP contribution in [0.1, 0.15) is 18.4 Å². The maximum atomic E-state index is 12.2. The normalized spacial score (nSPS) is 16.9. The van der Waals surface area contributed by atoms with Gasteiger partial charge in [0, 0.05) is 13.1 Å². The lowest BCUT2D eigenvalue weighted by Gasteiger charge is -2.15. The van der Waals surface area contributed by atoms with Gasteiger partial charge < -0.3 is 4.90 Å². The predicted octanol–water partition coefficient (Wildman–Crippen LogP) is 2.02. The first-order valence-corrected chi connectivity index (χ1v) is 8.34. The Morgan fingerprint density at radius 1 is 1.32 bits per heavy atom. The highest BCUT2D eigenvalue weighted by atomic mass is 35.5. The first kappa shape index (κ1) is 14.8. The van der Waals surface area contributed by atoms with Crippen LogP contribution in [0.4, 0.5) is 0 Å². The zero-order valence-corrected chi connectivity index (χ0v) is 12.6. The molecule has 0 bridgehead atoms. The lowest BCUT2D eigenvalue weighted by atomic mass is 10.2. The van der Waals surface area contributed by atoms with Gasteiger partial charge in [0.15, 0.2) is 0 Å². The molecule has 4 nitrogen and oxygen atoms in total. The van der Waals surface area contributed by atoms with E-state index in [9.17, 15) is 8.42 Å². The van der Waals surface area contributed by atoms with Crippen LogP contribution in [0.15, 0.2) is 23.1 Å². The van der Waals surface area contributed by atoms with Crippen LogP contribution in [-0.2, 0) is 10.0 Å². The summed E-state index contributed by atoms with van der Waals surface area (Å²) in [6, 6.07) is 5.10. The fourth-order valence-electron chi connectivity index (χ4n) is 2.37. The van der Waals surface area contributed by atoms with Gasteiger partial charge in [-0.15, -0.1) is 0 Å². The van der Waals surface area contributed by atoms with Gasteiger partial charge in [0.1, 0.15) is 4.90 Å². The van der Waals surface area contributed by atoms with Crippen LogP contribution in [0.5, 0.6) is 0 Å². The van der Waals surface area contributed by atoms with E-state index in [-0.39, 0.29) is 9.92 Å². The molecule has 1 N–H and O–H groups in total. The fourth-order valence-corrected chi connectivity index (χ4v) is 4.22. The molecule has 0 spiro atoms. The molecule has 1 aliphatic rings. The number of nitrogens with one attached hydrogen (secondary N) is 1. The molecular formula is C13H19ClN2O2S. The average Bonchev–Trinajstić information content (AvgIpc) is 2.81. The SMILES string of the molecule is Cc1cccc(Cl)c1S(=O)(=O)NCCN1CCCC1. The van der Waals surface area contributed by atoms with Gasteiger partial charge in [0.25, 0.3) is 0 Å². The summed E-state index contributed by atoms with van der Waals surface area (Å²) in [6.45, 7) is 5.05. The van der Waals surface area contributed by atoms with Crippen molar-refractivity contribution in [2.75, 3.05) is 26.2 Å². The molecule has 0 radical (unpaired) electrons. The topological polar surface area (TPSA) is 49.4 Å². The Bertz CT molecular complexity index is 519. The second-order valence-electron chi connectivity index (χ2n) is 4.83. The zero-order valence-electron chi connectivity index (χ0n) is 11.0. The molecule has 6 heteroatoms. The molecule has 0 amide bonds. The van der Waals surface area contributed by atoms with Gasteiger partial charge in [-0.25, -0.2) is 13.1 Å². The van der Waals surface area contributed by atoms with Crippen LogP contribution in [0.25, 0.3) is 0 Å². The second kappa shape index (κ2) is 6.22. The van der Waals surface area contributed by atoms with E-state index < -0.39 is 10.0 Å². The Morgan fingerprint density at radius 3 is 2.63 bits per heavy atom. The molecule has 106 valence electrons. The lowest BCUT2D eigenvalue weighted by Crippen LogP contribution is -2.33. The summed E-state index contributed by atoms with van der Waals surface area (Å²) >= 11 is 5.99. The molecule has 0 atom stereocenters. The van der Waals surface area contributed by atoms with Crippen LogP contribution >= 0.6 is 11.6 Å². The summed E-state index contributed by atoms with van der Waals surface area (Å²) < 4.78 is 27.1. The summed E-state index contributed by atoms with van der Waals surface area (Å²) in [4.78, 5) is 2.46. The Kier molecular flexibility index (Phi) is 4.84. The van der Waals surface area contributed by atoms with Gasteiger partial charge in [-0.3, -0.25) is 0 Å².